The van der Waals surface area contributed by atoms with Crippen LogP contribution in [0.25, 0.3) is 0 Å². The van der Waals surface area contributed by atoms with Crippen molar-refractivity contribution in [2.24, 2.45) is 5.73 Å². The van der Waals surface area contributed by atoms with Crippen LogP contribution in [-0.4, -0.2) is 18.3 Å². The number of halogens is 1. The number of phenolic OH excluding ortho intramolecular Hbond substituents is 1. The zero-order valence-electron chi connectivity index (χ0n) is 15.2. The van der Waals surface area contributed by atoms with Gasteiger partial charge < -0.3 is 25.1 Å². The van der Waals surface area contributed by atoms with Gasteiger partial charge in [-0.15, -0.1) is 0 Å². The van der Waals surface area contributed by atoms with Gasteiger partial charge in [0.15, 0.2) is 11.5 Å². The molecule has 0 saturated heterocycles. The van der Waals surface area contributed by atoms with Crippen LogP contribution in [0.4, 0.5) is 0 Å². The zero-order chi connectivity index (χ0) is 20.3. The Bertz CT molecular complexity index is 995. The van der Waals surface area contributed by atoms with Crippen LogP contribution < -0.4 is 19.9 Å². The number of nitriles is 1. The number of fused-ring (bicyclic) bond motifs is 1. The van der Waals surface area contributed by atoms with Crippen molar-refractivity contribution in [2.75, 3.05) is 13.2 Å². The Balaban J connectivity index is 2.19. The summed E-state index contributed by atoms with van der Waals surface area (Å²) in [4.78, 5) is 0. The van der Waals surface area contributed by atoms with Gasteiger partial charge in [-0.05, 0) is 46.6 Å². The lowest BCUT2D eigenvalue weighted by molar-refractivity contribution is 0.295. The van der Waals surface area contributed by atoms with E-state index >= 15 is 0 Å². The molecule has 3 N–H and O–H groups in total. The maximum Gasteiger partial charge on any atom is 0.205 e. The molecule has 1 aliphatic rings. The number of phenols is 1. The van der Waals surface area contributed by atoms with Crippen LogP contribution in [0.15, 0.2) is 58.9 Å². The smallest absolute Gasteiger partial charge is 0.205 e. The van der Waals surface area contributed by atoms with E-state index in [1.54, 1.807) is 18.2 Å². The van der Waals surface area contributed by atoms with Gasteiger partial charge in [0.1, 0.15) is 29.7 Å². The second-order valence-corrected chi connectivity index (χ2v) is 6.86. The van der Waals surface area contributed by atoms with Crippen LogP contribution in [0, 0.1) is 11.3 Å². The van der Waals surface area contributed by atoms with Gasteiger partial charge in [0.2, 0.25) is 5.88 Å². The van der Waals surface area contributed by atoms with E-state index in [4.69, 9.17) is 19.9 Å². The third-order valence-electron chi connectivity index (χ3n) is 4.21. The van der Waals surface area contributed by atoms with Crippen molar-refractivity contribution < 1.29 is 19.3 Å². The Labute approximate surface area is 171 Å². The lowest BCUT2D eigenvalue weighted by Gasteiger charge is -2.27. The molecule has 0 aliphatic carbocycles. The molecule has 7 heteroatoms. The Morgan fingerprint density at radius 1 is 1.36 bits per heavy atom. The SMILES string of the molecule is C=CCOc1c(Br)cc([C@@H]2C(C#N)=C(N)Oc3cc(O)ccc32)cc1OCC. The summed E-state index contributed by atoms with van der Waals surface area (Å²) >= 11 is 3.53. The summed E-state index contributed by atoms with van der Waals surface area (Å²) in [6.07, 6.45) is 1.65. The van der Waals surface area contributed by atoms with Crippen LogP contribution >= 0.6 is 15.9 Å². The molecule has 1 atom stereocenters. The fourth-order valence-corrected chi connectivity index (χ4v) is 3.66. The molecule has 0 fully saturated rings. The van der Waals surface area contributed by atoms with Crippen LogP contribution in [-0.2, 0) is 0 Å². The molecule has 3 rings (SSSR count). The normalized spacial score (nSPS) is 15.2. The Morgan fingerprint density at radius 3 is 2.82 bits per heavy atom. The first-order chi connectivity index (χ1) is 13.5. The van der Waals surface area contributed by atoms with Gasteiger partial charge in [-0.25, -0.2) is 0 Å². The Morgan fingerprint density at radius 2 is 2.14 bits per heavy atom. The van der Waals surface area contributed by atoms with Crippen molar-refractivity contribution in [3.63, 3.8) is 0 Å². The van der Waals surface area contributed by atoms with Gasteiger partial charge in [-0.1, -0.05) is 18.7 Å². The third kappa shape index (κ3) is 3.64. The van der Waals surface area contributed by atoms with Crippen LogP contribution in [0.1, 0.15) is 24.0 Å². The van der Waals surface area contributed by atoms with E-state index in [1.807, 2.05) is 19.1 Å². The van der Waals surface area contributed by atoms with E-state index < -0.39 is 5.92 Å². The van der Waals surface area contributed by atoms with E-state index in [9.17, 15) is 10.4 Å². The minimum atomic E-state index is -0.474. The standard InChI is InChI=1S/C21H19BrN2O4/c1-3-7-27-20-16(22)8-12(9-18(20)26-4-2)19-14-6-5-13(25)10-17(14)28-21(24)15(19)11-23/h3,5-6,8-10,19,25H,1,4,7,24H2,2H3/t19-/m0/s1. The lowest BCUT2D eigenvalue weighted by Crippen LogP contribution is -2.21. The van der Waals surface area contributed by atoms with E-state index in [-0.39, 0.29) is 17.2 Å². The van der Waals surface area contributed by atoms with Crippen molar-refractivity contribution in [3.05, 3.63) is 70.0 Å². The molecular formula is C21H19BrN2O4. The molecule has 0 spiro atoms. The summed E-state index contributed by atoms with van der Waals surface area (Å²) in [5.41, 5.74) is 7.77. The second-order valence-electron chi connectivity index (χ2n) is 6.01. The molecule has 144 valence electrons. The average molecular weight is 443 g/mol. The fourth-order valence-electron chi connectivity index (χ4n) is 3.09. The van der Waals surface area contributed by atoms with Crippen molar-refractivity contribution in [1.29, 1.82) is 5.26 Å². The molecule has 0 unspecified atom stereocenters. The number of allylic oxidation sites excluding steroid dienone is 1. The van der Waals surface area contributed by atoms with Crippen LogP contribution in [0.3, 0.4) is 0 Å². The number of hydrogen-bond donors (Lipinski definition) is 2. The van der Waals surface area contributed by atoms with Gasteiger partial charge in [-0.3, -0.25) is 0 Å². The Kier molecular flexibility index (Phi) is 5.81. The molecule has 0 saturated carbocycles. The predicted octanol–water partition coefficient (Wildman–Crippen LogP) is 4.34. The minimum Gasteiger partial charge on any atom is -0.508 e. The van der Waals surface area contributed by atoms with E-state index in [2.05, 4.69) is 28.6 Å². The first-order valence-corrected chi connectivity index (χ1v) is 9.39. The third-order valence-corrected chi connectivity index (χ3v) is 4.80. The molecule has 2 aromatic carbocycles. The molecule has 0 radical (unpaired) electrons. The highest BCUT2D eigenvalue weighted by Crippen LogP contribution is 2.47. The van der Waals surface area contributed by atoms with Crippen molar-refractivity contribution >= 4 is 15.9 Å². The monoisotopic (exact) mass is 442 g/mol. The van der Waals surface area contributed by atoms with Crippen molar-refractivity contribution in [1.82, 2.24) is 0 Å². The van der Waals surface area contributed by atoms with Gasteiger partial charge in [-0.2, -0.15) is 5.26 Å². The summed E-state index contributed by atoms with van der Waals surface area (Å²) < 4.78 is 17.7. The summed E-state index contributed by atoms with van der Waals surface area (Å²) in [7, 11) is 0. The number of hydrogen-bond acceptors (Lipinski definition) is 6. The summed E-state index contributed by atoms with van der Waals surface area (Å²) in [6, 6.07) is 10.6. The summed E-state index contributed by atoms with van der Waals surface area (Å²) in [5, 5.41) is 19.5. The maximum absolute atomic E-state index is 9.78. The van der Waals surface area contributed by atoms with Crippen molar-refractivity contribution in [3.8, 4) is 29.1 Å². The minimum absolute atomic E-state index is 0.00617. The maximum atomic E-state index is 9.78. The molecule has 1 heterocycles. The average Bonchev–Trinajstić information content (AvgIpc) is 2.66. The second kappa shape index (κ2) is 8.28. The number of benzene rings is 2. The van der Waals surface area contributed by atoms with Gasteiger partial charge >= 0.3 is 0 Å². The molecule has 0 aromatic heterocycles. The topological polar surface area (TPSA) is 97.7 Å². The quantitative estimate of drug-likeness (QED) is 0.645. The highest BCUT2D eigenvalue weighted by Gasteiger charge is 2.32. The summed E-state index contributed by atoms with van der Waals surface area (Å²) in [5.74, 6) is 1.08. The molecule has 1 aliphatic heterocycles. The van der Waals surface area contributed by atoms with E-state index in [0.29, 0.717) is 34.9 Å². The largest absolute Gasteiger partial charge is 0.508 e. The van der Waals surface area contributed by atoms with Crippen LogP contribution in [0.5, 0.6) is 23.0 Å². The van der Waals surface area contributed by atoms with Crippen molar-refractivity contribution in [2.45, 2.75) is 12.8 Å². The first kappa shape index (κ1) is 19.6. The van der Waals surface area contributed by atoms with Crippen LogP contribution in [0.2, 0.25) is 0 Å². The van der Waals surface area contributed by atoms with E-state index in [1.165, 1.54) is 6.07 Å². The first-order valence-electron chi connectivity index (χ1n) is 8.60. The molecule has 2 aromatic rings. The van der Waals surface area contributed by atoms with Gasteiger partial charge in [0.25, 0.3) is 0 Å². The molecule has 6 nitrogen and oxygen atoms in total. The number of ether oxygens (including phenoxy) is 3. The number of nitrogens with two attached hydrogens (primary N) is 1. The van der Waals surface area contributed by atoms with E-state index in [0.717, 1.165) is 11.1 Å². The fraction of sp³-hybridized carbons (Fsp3) is 0.190. The highest BCUT2D eigenvalue weighted by atomic mass is 79.9. The molecule has 0 amide bonds. The van der Waals surface area contributed by atoms with Gasteiger partial charge in [0, 0.05) is 11.6 Å². The molecular weight excluding hydrogens is 424 g/mol. The number of nitrogens with zero attached hydrogens (tertiary/aromatic N) is 1. The zero-order valence-corrected chi connectivity index (χ0v) is 16.8. The predicted molar refractivity (Wildman–Crippen MR) is 108 cm³/mol. The number of aromatic hydroxyl groups is 1. The molecule has 0 bridgehead atoms. The molecule has 28 heavy (non-hydrogen) atoms. The highest BCUT2D eigenvalue weighted by molar-refractivity contribution is 9.10. The number of rotatable bonds is 6. The summed E-state index contributed by atoms with van der Waals surface area (Å²) in [6.45, 7) is 6.31. The lowest BCUT2D eigenvalue weighted by atomic mass is 9.83. The Hall–Kier alpha value is -3.11. The van der Waals surface area contributed by atoms with Gasteiger partial charge in [0.05, 0.1) is 17.0 Å².